The molecule has 2 atom stereocenters. The molecule has 0 saturated carbocycles. The van der Waals surface area contributed by atoms with Gasteiger partial charge in [0, 0.05) is 12.0 Å². The predicted octanol–water partition coefficient (Wildman–Crippen LogP) is -0.0657. The summed E-state index contributed by atoms with van der Waals surface area (Å²) < 4.78 is 0. The third-order valence-electron chi connectivity index (χ3n) is 2.36. The zero-order valence-electron chi connectivity index (χ0n) is 7.00. The topological polar surface area (TPSA) is 49.3 Å². The summed E-state index contributed by atoms with van der Waals surface area (Å²) in [5.74, 6) is 0. The molecule has 0 aromatic rings. The summed E-state index contributed by atoms with van der Waals surface area (Å²) in [5, 5.41) is 12.6. The Labute approximate surface area is 66.8 Å². The molecule has 0 bridgehead atoms. The van der Waals surface area contributed by atoms with Crippen LogP contribution in [0.1, 0.15) is 20.3 Å². The van der Waals surface area contributed by atoms with Crippen molar-refractivity contribution in [2.75, 3.05) is 6.54 Å². The van der Waals surface area contributed by atoms with Crippen molar-refractivity contribution < 1.29 is 9.90 Å². The van der Waals surface area contributed by atoms with Gasteiger partial charge in [-0.05, 0) is 6.42 Å². The molecule has 1 saturated heterocycles. The first-order valence-electron chi connectivity index (χ1n) is 3.93. The van der Waals surface area contributed by atoms with E-state index >= 15 is 0 Å². The lowest BCUT2D eigenvalue weighted by molar-refractivity contribution is -0.112. The number of aldehydes is 1. The fourth-order valence-electron chi connectivity index (χ4n) is 1.26. The van der Waals surface area contributed by atoms with Gasteiger partial charge in [-0.3, -0.25) is 0 Å². The largest absolute Gasteiger partial charge is 0.392 e. The second-order valence-corrected chi connectivity index (χ2v) is 3.86. The number of rotatable bonds is 1. The van der Waals surface area contributed by atoms with Gasteiger partial charge < -0.3 is 15.2 Å². The summed E-state index contributed by atoms with van der Waals surface area (Å²) in [4.78, 5) is 10.3. The minimum absolute atomic E-state index is 0.0977. The van der Waals surface area contributed by atoms with Gasteiger partial charge in [-0.15, -0.1) is 0 Å². The van der Waals surface area contributed by atoms with Crippen molar-refractivity contribution in [2.45, 2.75) is 32.4 Å². The number of carbonyl (C=O) groups excluding carboxylic acids is 1. The number of hydrogen-bond donors (Lipinski definition) is 2. The molecule has 1 rings (SSSR count). The highest BCUT2D eigenvalue weighted by atomic mass is 16.3. The van der Waals surface area contributed by atoms with Crippen molar-refractivity contribution in [3.8, 4) is 0 Å². The first kappa shape index (κ1) is 8.68. The zero-order valence-corrected chi connectivity index (χ0v) is 7.00. The van der Waals surface area contributed by atoms with E-state index in [9.17, 15) is 9.90 Å². The zero-order chi connectivity index (χ0) is 8.48. The van der Waals surface area contributed by atoms with Gasteiger partial charge in [0.15, 0.2) is 0 Å². The molecule has 11 heavy (non-hydrogen) atoms. The molecule has 0 aromatic heterocycles. The van der Waals surface area contributed by atoms with E-state index in [-0.39, 0.29) is 17.6 Å². The Morgan fingerprint density at radius 3 is 2.73 bits per heavy atom. The second kappa shape index (κ2) is 2.91. The van der Waals surface area contributed by atoms with Gasteiger partial charge in [-0.25, -0.2) is 0 Å². The van der Waals surface area contributed by atoms with Crippen LogP contribution in [0.4, 0.5) is 0 Å². The molecular weight excluding hydrogens is 142 g/mol. The van der Waals surface area contributed by atoms with Gasteiger partial charge in [-0.2, -0.15) is 0 Å². The van der Waals surface area contributed by atoms with E-state index in [0.29, 0.717) is 13.0 Å². The maximum Gasteiger partial charge on any atom is 0.136 e. The molecule has 0 amide bonds. The molecule has 1 fully saturated rings. The van der Waals surface area contributed by atoms with Crippen LogP contribution < -0.4 is 5.32 Å². The monoisotopic (exact) mass is 157 g/mol. The van der Waals surface area contributed by atoms with Crippen LogP contribution in [-0.2, 0) is 4.79 Å². The fraction of sp³-hybridized carbons (Fsp3) is 0.875. The molecule has 1 heterocycles. The number of aliphatic hydroxyl groups excluding tert-OH is 1. The maximum atomic E-state index is 10.3. The predicted molar refractivity (Wildman–Crippen MR) is 42.3 cm³/mol. The molecule has 64 valence electrons. The highest BCUT2D eigenvalue weighted by Gasteiger charge is 2.34. The summed E-state index contributed by atoms with van der Waals surface area (Å²) >= 11 is 0. The van der Waals surface area contributed by atoms with Crippen molar-refractivity contribution >= 4 is 6.29 Å². The van der Waals surface area contributed by atoms with Crippen molar-refractivity contribution in [3.05, 3.63) is 0 Å². The molecule has 3 heteroatoms. The lowest BCUT2D eigenvalue weighted by Gasteiger charge is -2.38. The number of piperidine rings is 1. The van der Waals surface area contributed by atoms with E-state index in [1.807, 2.05) is 13.8 Å². The standard InChI is InChI=1S/C8H15NO2/c1-8(2)5-9-6(4-10)3-7(8)11/h4,6-7,9,11H,3,5H2,1-2H3/t6-,7+/m0/s1. The van der Waals surface area contributed by atoms with Crippen molar-refractivity contribution in [1.82, 2.24) is 5.32 Å². The molecule has 1 aliphatic rings. The Bertz CT molecular complexity index is 156. The normalized spacial score (nSPS) is 36.6. The molecule has 0 spiro atoms. The minimum atomic E-state index is -0.362. The second-order valence-electron chi connectivity index (χ2n) is 3.86. The molecule has 0 radical (unpaired) electrons. The SMILES string of the molecule is CC1(C)CN[C@H](C=O)C[C@H]1O. The molecule has 0 aromatic carbocycles. The van der Waals surface area contributed by atoms with Gasteiger partial charge in [0.2, 0.25) is 0 Å². The highest BCUT2D eigenvalue weighted by molar-refractivity contribution is 5.57. The summed E-state index contributed by atoms with van der Waals surface area (Å²) in [7, 11) is 0. The van der Waals surface area contributed by atoms with Crippen molar-refractivity contribution in [3.63, 3.8) is 0 Å². The molecule has 1 aliphatic heterocycles. The summed E-state index contributed by atoms with van der Waals surface area (Å²) in [6.07, 6.45) is 1.04. The van der Waals surface area contributed by atoms with Crippen LogP contribution in [0.3, 0.4) is 0 Å². The van der Waals surface area contributed by atoms with Crippen LogP contribution in [-0.4, -0.2) is 30.1 Å². The Morgan fingerprint density at radius 1 is 1.64 bits per heavy atom. The van der Waals surface area contributed by atoms with Crippen LogP contribution in [0.2, 0.25) is 0 Å². The third kappa shape index (κ3) is 1.79. The third-order valence-corrected chi connectivity index (χ3v) is 2.36. The molecule has 3 nitrogen and oxygen atoms in total. The van der Waals surface area contributed by atoms with Gasteiger partial charge in [0.05, 0.1) is 12.1 Å². The summed E-state index contributed by atoms with van der Waals surface area (Å²) in [6.45, 7) is 4.69. The lowest BCUT2D eigenvalue weighted by atomic mass is 9.80. The van der Waals surface area contributed by atoms with E-state index in [1.165, 1.54) is 0 Å². The highest BCUT2D eigenvalue weighted by Crippen LogP contribution is 2.26. The fourth-order valence-corrected chi connectivity index (χ4v) is 1.26. The molecular formula is C8H15NO2. The van der Waals surface area contributed by atoms with Crippen molar-refractivity contribution in [2.24, 2.45) is 5.41 Å². The summed E-state index contributed by atoms with van der Waals surface area (Å²) in [5.41, 5.74) is -0.0977. The number of aliphatic hydroxyl groups is 1. The Balaban J connectivity index is 2.54. The Hall–Kier alpha value is -0.410. The Kier molecular flexibility index (Phi) is 2.30. The van der Waals surface area contributed by atoms with E-state index in [2.05, 4.69) is 5.32 Å². The van der Waals surface area contributed by atoms with Crippen LogP contribution in [0.25, 0.3) is 0 Å². The van der Waals surface area contributed by atoms with Crippen molar-refractivity contribution in [1.29, 1.82) is 0 Å². The van der Waals surface area contributed by atoms with Gasteiger partial charge >= 0.3 is 0 Å². The number of carbonyl (C=O) groups is 1. The number of hydrogen-bond acceptors (Lipinski definition) is 3. The Morgan fingerprint density at radius 2 is 2.27 bits per heavy atom. The molecule has 0 unspecified atom stereocenters. The van der Waals surface area contributed by atoms with Crippen LogP contribution in [0, 0.1) is 5.41 Å². The van der Waals surface area contributed by atoms with Crippen LogP contribution >= 0.6 is 0 Å². The molecule has 0 aliphatic carbocycles. The first-order valence-corrected chi connectivity index (χ1v) is 3.93. The number of nitrogens with one attached hydrogen (secondary N) is 1. The van der Waals surface area contributed by atoms with Crippen LogP contribution in [0.15, 0.2) is 0 Å². The minimum Gasteiger partial charge on any atom is -0.392 e. The average Bonchev–Trinajstić information content (AvgIpc) is 1.95. The first-order chi connectivity index (χ1) is 5.06. The summed E-state index contributed by atoms with van der Waals surface area (Å²) in [6, 6.07) is -0.155. The maximum absolute atomic E-state index is 10.3. The van der Waals surface area contributed by atoms with E-state index in [1.54, 1.807) is 0 Å². The average molecular weight is 157 g/mol. The van der Waals surface area contributed by atoms with Gasteiger partial charge in [-0.1, -0.05) is 13.8 Å². The molecule has 2 N–H and O–H groups in total. The van der Waals surface area contributed by atoms with E-state index < -0.39 is 0 Å². The lowest BCUT2D eigenvalue weighted by Crippen LogP contribution is -2.51. The van der Waals surface area contributed by atoms with Gasteiger partial charge in [0.1, 0.15) is 6.29 Å². The quantitative estimate of drug-likeness (QED) is 0.524. The van der Waals surface area contributed by atoms with E-state index in [4.69, 9.17) is 0 Å². The smallest absolute Gasteiger partial charge is 0.136 e. The van der Waals surface area contributed by atoms with Gasteiger partial charge in [0.25, 0.3) is 0 Å². The van der Waals surface area contributed by atoms with E-state index in [0.717, 1.165) is 6.29 Å². The van der Waals surface area contributed by atoms with Crippen LogP contribution in [0.5, 0.6) is 0 Å².